The molecule has 0 radical (unpaired) electrons. The Bertz CT molecular complexity index is 813. The van der Waals surface area contributed by atoms with Gasteiger partial charge in [-0.3, -0.25) is 0 Å². The summed E-state index contributed by atoms with van der Waals surface area (Å²) in [6.45, 7) is 2.36. The molecule has 1 aromatic heterocycles. The second kappa shape index (κ2) is 6.04. The molecule has 3 aromatic rings. The minimum absolute atomic E-state index is 0.199. The highest BCUT2D eigenvalue weighted by Gasteiger charge is 2.19. The Labute approximate surface area is 140 Å². The van der Waals surface area contributed by atoms with E-state index < -0.39 is 0 Å². The van der Waals surface area contributed by atoms with Gasteiger partial charge in [-0.25, -0.2) is 9.37 Å². The van der Waals surface area contributed by atoms with Crippen LogP contribution in [0.25, 0.3) is 20.8 Å². The first-order valence-corrected chi connectivity index (χ1v) is 9.17. The van der Waals surface area contributed by atoms with Crippen molar-refractivity contribution in [2.45, 2.75) is 38.5 Å². The van der Waals surface area contributed by atoms with Crippen molar-refractivity contribution < 1.29 is 4.39 Å². The molecule has 1 aliphatic rings. The Morgan fingerprint density at radius 2 is 1.74 bits per heavy atom. The molecular weight excluding hydrogens is 305 g/mol. The van der Waals surface area contributed by atoms with E-state index in [1.165, 1.54) is 37.3 Å². The van der Waals surface area contributed by atoms with Gasteiger partial charge in [-0.05, 0) is 48.4 Å². The van der Waals surface area contributed by atoms with Crippen molar-refractivity contribution in [3.05, 3.63) is 53.8 Å². The Morgan fingerprint density at radius 3 is 2.48 bits per heavy atom. The van der Waals surface area contributed by atoms with Gasteiger partial charge in [-0.1, -0.05) is 44.0 Å². The van der Waals surface area contributed by atoms with Gasteiger partial charge in [0.15, 0.2) is 0 Å². The van der Waals surface area contributed by atoms with Gasteiger partial charge in [0.1, 0.15) is 10.8 Å². The standard InChI is InChI=1S/C20H20FNS/c1-13-2-4-14(5-3-13)15-6-8-16(9-7-15)20-22-18-11-10-17(21)12-19(18)23-20/h6-14H,2-5H2,1H3. The lowest BCUT2D eigenvalue weighted by atomic mass is 9.79. The van der Waals surface area contributed by atoms with Crippen molar-refractivity contribution in [3.8, 4) is 10.6 Å². The van der Waals surface area contributed by atoms with Gasteiger partial charge in [-0.2, -0.15) is 0 Å². The Morgan fingerprint density at radius 1 is 1.00 bits per heavy atom. The quantitative estimate of drug-likeness (QED) is 0.531. The molecule has 4 rings (SSSR count). The Balaban J connectivity index is 1.59. The van der Waals surface area contributed by atoms with Gasteiger partial charge in [-0.15, -0.1) is 11.3 Å². The zero-order chi connectivity index (χ0) is 15.8. The average Bonchev–Trinajstić information content (AvgIpc) is 2.99. The molecule has 0 aliphatic heterocycles. The lowest BCUT2D eigenvalue weighted by molar-refractivity contribution is 0.348. The van der Waals surface area contributed by atoms with Crippen molar-refractivity contribution >= 4 is 21.6 Å². The highest BCUT2D eigenvalue weighted by atomic mass is 32.1. The first-order chi connectivity index (χ1) is 11.2. The molecule has 0 spiro atoms. The fourth-order valence-electron chi connectivity index (χ4n) is 3.51. The molecule has 0 saturated heterocycles. The zero-order valence-corrected chi connectivity index (χ0v) is 14.1. The summed E-state index contributed by atoms with van der Waals surface area (Å²) < 4.78 is 14.2. The number of thiazole rings is 1. The van der Waals surface area contributed by atoms with E-state index >= 15 is 0 Å². The lowest BCUT2D eigenvalue weighted by Gasteiger charge is -2.26. The van der Waals surface area contributed by atoms with Gasteiger partial charge in [0.05, 0.1) is 10.2 Å². The second-order valence-corrected chi connectivity index (χ2v) is 7.74. The molecule has 1 fully saturated rings. The highest BCUT2D eigenvalue weighted by Crippen LogP contribution is 2.37. The number of aromatic nitrogens is 1. The predicted octanol–water partition coefficient (Wildman–Crippen LogP) is 6.40. The zero-order valence-electron chi connectivity index (χ0n) is 13.3. The van der Waals surface area contributed by atoms with Crippen LogP contribution in [0.5, 0.6) is 0 Å². The largest absolute Gasteiger partial charge is 0.236 e. The first kappa shape index (κ1) is 14.8. The summed E-state index contributed by atoms with van der Waals surface area (Å²) in [4.78, 5) is 4.63. The van der Waals surface area contributed by atoms with Gasteiger partial charge >= 0.3 is 0 Å². The third-order valence-corrected chi connectivity index (χ3v) is 6.06. The van der Waals surface area contributed by atoms with Crippen LogP contribution in [0, 0.1) is 11.7 Å². The van der Waals surface area contributed by atoms with E-state index in [1.807, 2.05) is 0 Å². The summed E-state index contributed by atoms with van der Waals surface area (Å²) in [5.41, 5.74) is 3.45. The molecular formula is C20H20FNS. The first-order valence-electron chi connectivity index (χ1n) is 8.35. The van der Waals surface area contributed by atoms with Crippen molar-refractivity contribution in [2.24, 2.45) is 5.92 Å². The summed E-state index contributed by atoms with van der Waals surface area (Å²) in [6.07, 6.45) is 5.30. The van der Waals surface area contributed by atoms with Gasteiger partial charge in [0.2, 0.25) is 0 Å². The molecule has 0 atom stereocenters. The van der Waals surface area contributed by atoms with Crippen LogP contribution in [-0.4, -0.2) is 4.98 Å². The van der Waals surface area contributed by atoms with Crippen LogP contribution < -0.4 is 0 Å². The highest BCUT2D eigenvalue weighted by molar-refractivity contribution is 7.21. The summed E-state index contributed by atoms with van der Waals surface area (Å²) >= 11 is 1.56. The third kappa shape index (κ3) is 3.02. The van der Waals surface area contributed by atoms with E-state index in [4.69, 9.17) is 0 Å². The summed E-state index contributed by atoms with van der Waals surface area (Å²) in [5.74, 6) is 1.40. The number of hydrogen-bond donors (Lipinski definition) is 0. The molecule has 118 valence electrons. The normalized spacial score (nSPS) is 21.7. The smallest absolute Gasteiger partial charge is 0.124 e. The molecule has 1 nitrogen and oxygen atoms in total. The van der Waals surface area contributed by atoms with Crippen LogP contribution in [-0.2, 0) is 0 Å². The van der Waals surface area contributed by atoms with Crippen LogP contribution >= 0.6 is 11.3 Å². The maximum Gasteiger partial charge on any atom is 0.124 e. The van der Waals surface area contributed by atoms with Crippen LogP contribution in [0.1, 0.15) is 44.1 Å². The number of nitrogens with zero attached hydrogens (tertiary/aromatic N) is 1. The van der Waals surface area contributed by atoms with Gasteiger partial charge < -0.3 is 0 Å². The van der Waals surface area contributed by atoms with Crippen LogP contribution in [0.3, 0.4) is 0 Å². The van der Waals surface area contributed by atoms with Gasteiger partial charge in [0, 0.05) is 5.56 Å². The third-order valence-electron chi connectivity index (χ3n) is 5.00. The Kier molecular flexibility index (Phi) is 3.90. The number of hydrogen-bond acceptors (Lipinski definition) is 2. The molecule has 2 aromatic carbocycles. The predicted molar refractivity (Wildman–Crippen MR) is 95.4 cm³/mol. The van der Waals surface area contributed by atoms with Crippen molar-refractivity contribution in [2.75, 3.05) is 0 Å². The van der Waals surface area contributed by atoms with E-state index in [0.717, 1.165) is 26.7 Å². The second-order valence-electron chi connectivity index (χ2n) is 6.71. The van der Waals surface area contributed by atoms with Crippen molar-refractivity contribution in [1.29, 1.82) is 0 Å². The van der Waals surface area contributed by atoms with E-state index in [-0.39, 0.29) is 5.82 Å². The van der Waals surface area contributed by atoms with E-state index in [1.54, 1.807) is 23.5 Å². The molecule has 0 bridgehead atoms. The van der Waals surface area contributed by atoms with Gasteiger partial charge in [0.25, 0.3) is 0 Å². The van der Waals surface area contributed by atoms with E-state index in [2.05, 4.69) is 36.2 Å². The summed E-state index contributed by atoms with van der Waals surface area (Å²) in [7, 11) is 0. The average molecular weight is 325 g/mol. The Hall–Kier alpha value is -1.74. The van der Waals surface area contributed by atoms with E-state index in [0.29, 0.717) is 5.92 Å². The van der Waals surface area contributed by atoms with E-state index in [9.17, 15) is 4.39 Å². The number of rotatable bonds is 2. The molecule has 23 heavy (non-hydrogen) atoms. The number of halogens is 1. The van der Waals surface area contributed by atoms with Crippen molar-refractivity contribution in [3.63, 3.8) is 0 Å². The summed E-state index contributed by atoms with van der Waals surface area (Å²) in [5, 5.41) is 0.967. The lowest BCUT2D eigenvalue weighted by Crippen LogP contribution is -2.10. The molecule has 3 heteroatoms. The fraction of sp³-hybridized carbons (Fsp3) is 0.350. The maximum atomic E-state index is 13.3. The monoisotopic (exact) mass is 325 g/mol. The SMILES string of the molecule is CC1CCC(c2ccc(-c3nc4ccc(F)cc4s3)cc2)CC1. The number of fused-ring (bicyclic) bond motifs is 1. The topological polar surface area (TPSA) is 12.9 Å². The molecule has 0 amide bonds. The maximum absolute atomic E-state index is 13.3. The molecule has 0 N–H and O–H groups in total. The minimum Gasteiger partial charge on any atom is -0.236 e. The van der Waals surface area contributed by atoms with Crippen LogP contribution in [0.4, 0.5) is 4.39 Å². The minimum atomic E-state index is -0.199. The van der Waals surface area contributed by atoms with Crippen LogP contribution in [0.2, 0.25) is 0 Å². The number of benzene rings is 2. The fourth-order valence-corrected chi connectivity index (χ4v) is 4.51. The molecule has 0 unspecified atom stereocenters. The van der Waals surface area contributed by atoms with Crippen molar-refractivity contribution in [1.82, 2.24) is 4.98 Å². The summed E-state index contributed by atoms with van der Waals surface area (Å²) in [6, 6.07) is 13.6. The van der Waals surface area contributed by atoms with Crippen LogP contribution in [0.15, 0.2) is 42.5 Å². The molecule has 1 aliphatic carbocycles. The molecule has 1 heterocycles. The molecule has 1 saturated carbocycles.